The first-order chi connectivity index (χ1) is 9.02. The van der Waals surface area contributed by atoms with Gasteiger partial charge in [0.25, 0.3) is 0 Å². The van der Waals surface area contributed by atoms with Crippen molar-refractivity contribution in [3.63, 3.8) is 0 Å². The predicted octanol–water partition coefficient (Wildman–Crippen LogP) is 2.93. The van der Waals surface area contributed by atoms with E-state index in [1.165, 1.54) is 0 Å². The highest BCUT2D eigenvalue weighted by molar-refractivity contribution is 6.31. The van der Waals surface area contributed by atoms with Gasteiger partial charge in [-0.3, -0.25) is 4.90 Å². The molecule has 1 aromatic rings. The Morgan fingerprint density at radius 2 is 2.11 bits per heavy atom. The van der Waals surface area contributed by atoms with Gasteiger partial charge in [0.2, 0.25) is 0 Å². The average molecular weight is 284 g/mol. The Kier molecular flexibility index (Phi) is 6.67. The summed E-state index contributed by atoms with van der Waals surface area (Å²) >= 11 is 6.18. The van der Waals surface area contributed by atoms with E-state index in [1.807, 2.05) is 24.3 Å². The molecule has 5 heteroatoms. The van der Waals surface area contributed by atoms with Crippen molar-refractivity contribution in [3.8, 4) is 0 Å². The summed E-state index contributed by atoms with van der Waals surface area (Å²) in [5.74, 6) is 0.808. The molecule has 1 rings (SSSR count). The third kappa shape index (κ3) is 5.94. The van der Waals surface area contributed by atoms with Crippen LogP contribution in [0.2, 0.25) is 5.02 Å². The predicted molar refractivity (Wildman–Crippen MR) is 79.6 cm³/mol. The van der Waals surface area contributed by atoms with Crippen LogP contribution >= 0.6 is 11.6 Å². The molecule has 0 aliphatic rings. The Balaban J connectivity index is 2.66. The van der Waals surface area contributed by atoms with E-state index < -0.39 is 0 Å². The first kappa shape index (κ1) is 15.8. The van der Waals surface area contributed by atoms with Gasteiger partial charge in [0.05, 0.1) is 0 Å². The van der Waals surface area contributed by atoms with Gasteiger partial charge in [-0.25, -0.2) is 0 Å². The molecule has 0 aliphatic heterocycles. The molecule has 0 bridgehead atoms. The lowest BCUT2D eigenvalue weighted by atomic mass is 10.1. The van der Waals surface area contributed by atoms with Crippen molar-refractivity contribution in [1.82, 2.24) is 4.90 Å². The lowest BCUT2D eigenvalue weighted by Gasteiger charge is -2.24. The van der Waals surface area contributed by atoms with E-state index in [4.69, 9.17) is 22.5 Å². The second-order valence-electron chi connectivity index (χ2n) is 5.06. The van der Waals surface area contributed by atoms with E-state index in [1.54, 1.807) is 0 Å². The van der Waals surface area contributed by atoms with Gasteiger partial charge in [-0.1, -0.05) is 48.8 Å². The third-order valence-electron chi connectivity index (χ3n) is 2.79. The maximum Gasteiger partial charge on any atom is 0.140 e. The fraction of sp³-hybridized carbons (Fsp3) is 0.500. The Bertz CT molecular complexity index is 421. The van der Waals surface area contributed by atoms with Gasteiger partial charge in [0.15, 0.2) is 0 Å². The minimum atomic E-state index is 0.257. The first-order valence-corrected chi connectivity index (χ1v) is 6.83. The lowest BCUT2D eigenvalue weighted by Crippen LogP contribution is -2.31. The van der Waals surface area contributed by atoms with Gasteiger partial charge in [0, 0.05) is 31.1 Å². The van der Waals surface area contributed by atoms with Crippen LogP contribution in [0.15, 0.2) is 29.4 Å². The first-order valence-electron chi connectivity index (χ1n) is 6.45. The van der Waals surface area contributed by atoms with E-state index in [-0.39, 0.29) is 5.84 Å². The quantitative estimate of drug-likeness (QED) is 0.350. The number of oxime groups is 1. The second kappa shape index (κ2) is 8.02. The molecule has 106 valence electrons. The smallest absolute Gasteiger partial charge is 0.140 e. The summed E-state index contributed by atoms with van der Waals surface area (Å²) in [6.45, 7) is 6.81. The van der Waals surface area contributed by atoms with Crippen LogP contribution in [0.4, 0.5) is 0 Å². The Labute approximate surface area is 119 Å². The molecule has 0 radical (unpaired) electrons. The van der Waals surface area contributed by atoms with Crippen LogP contribution in [-0.2, 0) is 6.54 Å². The van der Waals surface area contributed by atoms with Gasteiger partial charge in [-0.15, -0.1) is 0 Å². The standard InChI is InChI=1S/C14H22ClN3O/c1-11(2)9-18(8-7-14(16)17-19)10-12-5-3-4-6-13(12)15/h3-6,11,19H,7-10H2,1-2H3,(H2,16,17). The van der Waals surface area contributed by atoms with Gasteiger partial charge in [0.1, 0.15) is 5.84 Å². The van der Waals surface area contributed by atoms with Gasteiger partial charge in [-0.2, -0.15) is 0 Å². The molecule has 0 amide bonds. The number of rotatable bonds is 7. The van der Waals surface area contributed by atoms with Crippen LogP contribution in [-0.4, -0.2) is 29.0 Å². The number of hydrogen-bond donors (Lipinski definition) is 2. The summed E-state index contributed by atoms with van der Waals surface area (Å²) in [6.07, 6.45) is 0.549. The topological polar surface area (TPSA) is 61.8 Å². The molecule has 1 aromatic carbocycles. The SMILES string of the molecule is CC(C)CN(CCC(N)=NO)Cc1ccccc1Cl. The van der Waals surface area contributed by atoms with Gasteiger partial charge in [-0.05, 0) is 17.5 Å². The summed E-state index contributed by atoms with van der Waals surface area (Å²) in [6, 6.07) is 7.83. The number of benzene rings is 1. The van der Waals surface area contributed by atoms with E-state index in [0.29, 0.717) is 12.3 Å². The van der Waals surface area contributed by atoms with Crippen molar-refractivity contribution in [2.75, 3.05) is 13.1 Å². The number of hydrogen-bond acceptors (Lipinski definition) is 3. The van der Waals surface area contributed by atoms with Crippen LogP contribution in [0.1, 0.15) is 25.8 Å². The minimum absolute atomic E-state index is 0.257. The second-order valence-corrected chi connectivity index (χ2v) is 5.47. The lowest BCUT2D eigenvalue weighted by molar-refractivity contribution is 0.241. The average Bonchev–Trinajstić information content (AvgIpc) is 2.37. The van der Waals surface area contributed by atoms with Crippen molar-refractivity contribution in [2.45, 2.75) is 26.8 Å². The van der Waals surface area contributed by atoms with Crippen molar-refractivity contribution in [1.29, 1.82) is 0 Å². The van der Waals surface area contributed by atoms with E-state index in [9.17, 15) is 0 Å². The summed E-state index contributed by atoms with van der Waals surface area (Å²) in [5, 5.41) is 12.4. The molecule has 0 aliphatic carbocycles. The molecule has 3 N–H and O–H groups in total. The maximum atomic E-state index is 8.59. The molecule has 0 unspecified atom stereocenters. The van der Waals surface area contributed by atoms with Crippen LogP contribution in [0.5, 0.6) is 0 Å². The molecular formula is C14H22ClN3O. The molecule has 0 saturated carbocycles. The van der Waals surface area contributed by atoms with Crippen molar-refractivity contribution in [2.24, 2.45) is 16.8 Å². The Morgan fingerprint density at radius 1 is 1.42 bits per heavy atom. The van der Waals surface area contributed by atoms with Crippen LogP contribution in [0.25, 0.3) is 0 Å². The molecule has 4 nitrogen and oxygen atoms in total. The molecule has 0 aromatic heterocycles. The van der Waals surface area contributed by atoms with Crippen LogP contribution in [0, 0.1) is 5.92 Å². The zero-order valence-corrected chi connectivity index (χ0v) is 12.3. The third-order valence-corrected chi connectivity index (χ3v) is 3.16. The molecule has 0 atom stereocenters. The summed E-state index contributed by atoms with van der Waals surface area (Å²) in [4.78, 5) is 2.27. The number of halogens is 1. The number of amidine groups is 1. The number of nitrogens with two attached hydrogens (primary N) is 1. The largest absolute Gasteiger partial charge is 0.409 e. The monoisotopic (exact) mass is 283 g/mol. The van der Waals surface area contributed by atoms with E-state index >= 15 is 0 Å². The minimum Gasteiger partial charge on any atom is -0.409 e. The number of nitrogens with zero attached hydrogens (tertiary/aromatic N) is 2. The molecule has 0 fully saturated rings. The summed E-state index contributed by atoms with van der Waals surface area (Å²) in [7, 11) is 0. The molecule has 0 saturated heterocycles. The highest BCUT2D eigenvalue weighted by atomic mass is 35.5. The summed E-state index contributed by atoms with van der Waals surface area (Å²) < 4.78 is 0. The van der Waals surface area contributed by atoms with Crippen molar-refractivity contribution in [3.05, 3.63) is 34.9 Å². The highest BCUT2D eigenvalue weighted by Crippen LogP contribution is 2.17. The Hall–Kier alpha value is -1.26. The molecule has 0 heterocycles. The van der Waals surface area contributed by atoms with Crippen LogP contribution < -0.4 is 5.73 Å². The normalized spacial score (nSPS) is 12.4. The van der Waals surface area contributed by atoms with Crippen molar-refractivity contribution < 1.29 is 5.21 Å². The fourth-order valence-corrected chi connectivity index (χ4v) is 2.14. The zero-order valence-electron chi connectivity index (χ0n) is 11.5. The molecular weight excluding hydrogens is 262 g/mol. The van der Waals surface area contributed by atoms with Crippen LogP contribution in [0.3, 0.4) is 0 Å². The maximum absolute atomic E-state index is 8.59. The van der Waals surface area contributed by atoms with Gasteiger partial charge < -0.3 is 10.9 Å². The van der Waals surface area contributed by atoms with Gasteiger partial charge >= 0.3 is 0 Å². The van der Waals surface area contributed by atoms with Crippen molar-refractivity contribution >= 4 is 17.4 Å². The Morgan fingerprint density at radius 3 is 2.68 bits per heavy atom. The van der Waals surface area contributed by atoms with E-state index in [0.717, 1.165) is 30.2 Å². The molecule has 19 heavy (non-hydrogen) atoms. The fourth-order valence-electron chi connectivity index (χ4n) is 1.94. The zero-order chi connectivity index (χ0) is 14.3. The highest BCUT2D eigenvalue weighted by Gasteiger charge is 2.11. The molecule has 0 spiro atoms. The van der Waals surface area contributed by atoms with E-state index in [2.05, 4.69) is 23.9 Å². The summed E-state index contributed by atoms with van der Waals surface area (Å²) in [5.41, 5.74) is 6.62.